The Morgan fingerprint density at radius 1 is 0.725 bits per heavy atom. The van der Waals surface area contributed by atoms with Crippen molar-refractivity contribution in [1.29, 1.82) is 0 Å². The fraction of sp³-hybridized carbons (Fsp3) is 0.525. The number of carbonyl (C=O) groups is 1. The lowest BCUT2D eigenvalue weighted by Gasteiger charge is -2.49. The minimum absolute atomic E-state index is 0.0872. The monoisotopic (exact) mass is 723 g/mol. The van der Waals surface area contributed by atoms with Crippen LogP contribution in [-0.4, -0.2) is 90.5 Å². The summed E-state index contributed by atoms with van der Waals surface area (Å²) in [4.78, 5) is 13.2. The van der Waals surface area contributed by atoms with Gasteiger partial charge in [-0.2, -0.15) is 0 Å². The molecule has 0 bridgehead atoms. The zero-order valence-corrected chi connectivity index (χ0v) is 31.2. The minimum Gasteiger partial charge on any atom is -0.390 e. The first kappa shape index (κ1) is 39.4. The van der Waals surface area contributed by atoms with E-state index in [1.807, 2.05) is 111 Å². The van der Waals surface area contributed by atoms with E-state index in [9.17, 15) is 9.90 Å². The molecule has 11 heteroatoms. The number of aliphatic hydroxyl groups is 1. The average molecular weight is 724 g/mol. The van der Waals surface area contributed by atoms with Crippen molar-refractivity contribution >= 4 is 17.7 Å². The molecule has 5 rings (SSSR count). The SMILES string of the molecule is COC1C(OCc2ccccc2)[C@H](NC(=O)CC(C)(C)O)C(C)O[C@H]1OC1C(OCc2ccccc2)[C@H](SC)OC(C)[C@@H]1OCc1ccccc1. The van der Waals surface area contributed by atoms with Crippen LogP contribution in [0.1, 0.15) is 50.8 Å². The second-order valence-electron chi connectivity index (χ2n) is 13.8. The van der Waals surface area contributed by atoms with Crippen LogP contribution < -0.4 is 5.32 Å². The molecule has 0 aliphatic carbocycles. The molecule has 1 amide bonds. The summed E-state index contributed by atoms with van der Waals surface area (Å²) < 4.78 is 46.1. The molecule has 51 heavy (non-hydrogen) atoms. The Kier molecular flexibility index (Phi) is 14.5. The van der Waals surface area contributed by atoms with Gasteiger partial charge in [0.25, 0.3) is 0 Å². The van der Waals surface area contributed by atoms with E-state index in [0.717, 1.165) is 16.7 Å². The molecule has 3 aromatic carbocycles. The lowest BCUT2D eigenvalue weighted by atomic mass is 9.94. The molecule has 2 aliphatic rings. The van der Waals surface area contributed by atoms with E-state index >= 15 is 0 Å². The summed E-state index contributed by atoms with van der Waals surface area (Å²) in [7, 11) is 1.58. The van der Waals surface area contributed by atoms with Crippen molar-refractivity contribution in [2.45, 2.75) is 120 Å². The lowest BCUT2D eigenvalue weighted by Crippen LogP contribution is -2.67. The molecule has 2 N–H and O–H groups in total. The molecular formula is C40H53NO9S. The van der Waals surface area contributed by atoms with Gasteiger partial charge in [0.1, 0.15) is 36.0 Å². The van der Waals surface area contributed by atoms with Crippen LogP contribution in [0.3, 0.4) is 0 Å². The Morgan fingerprint density at radius 3 is 1.69 bits per heavy atom. The summed E-state index contributed by atoms with van der Waals surface area (Å²) in [6.45, 7) is 8.03. The van der Waals surface area contributed by atoms with E-state index in [-0.39, 0.29) is 30.5 Å². The van der Waals surface area contributed by atoms with Gasteiger partial charge in [-0.15, -0.1) is 11.8 Å². The number of methoxy groups -OCH3 is 1. The molecule has 0 saturated carbocycles. The van der Waals surface area contributed by atoms with Crippen LogP contribution in [0.2, 0.25) is 0 Å². The van der Waals surface area contributed by atoms with E-state index in [4.69, 9.17) is 33.2 Å². The highest BCUT2D eigenvalue weighted by Crippen LogP contribution is 2.37. The van der Waals surface area contributed by atoms with Gasteiger partial charge < -0.3 is 43.6 Å². The van der Waals surface area contributed by atoms with Gasteiger partial charge in [0.2, 0.25) is 5.91 Å². The number of ether oxygens (including phenoxy) is 7. The third-order valence-electron chi connectivity index (χ3n) is 9.10. The molecule has 10 atom stereocenters. The summed E-state index contributed by atoms with van der Waals surface area (Å²) in [6, 6.07) is 29.2. The number of benzene rings is 3. The van der Waals surface area contributed by atoms with E-state index in [0.29, 0.717) is 13.2 Å². The van der Waals surface area contributed by atoms with E-state index < -0.39 is 54.6 Å². The molecule has 10 nitrogen and oxygen atoms in total. The Balaban J connectivity index is 1.45. The largest absolute Gasteiger partial charge is 0.390 e. The van der Waals surface area contributed by atoms with Crippen LogP contribution in [0, 0.1) is 0 Å². The highest BCUT2D eigenvalue weighted by Gasteiger charge is 2.52. The first-order chi connectivity index (χ1) is 24.6. The van der Waals surface area contributed by atoms with Crippen LogP contribution in [0.5, 0.6) is 0 Å². The topological polar surface area (TPSA) is 114 Å². The maximum Gasteiger partial charge on any atom is 0.223 e. The van der Waals surface area contributed by atoms with E-state index in [1.165, 1.54) is 0 Å². The quantitative estimate of drug-likeness (QED) is 0.193. The first-order valence-corrected chi connectivity index (χ1v) is 18.9. The van der Waals surface area contributed by atoms with Gasteiger partial charge in [-0.3, -0.25) is 4.79 Å². The predicted octanol–water partition coefficient (Wildman–Crippen LogP) is 5.64. The Morgan fingerprint density at radius 2 is 1.22 bits per heavy atom. The van der Waals surface area contributed by atoms with Crippen molar-refractivity contribution in [3.05, 3.63) is 108 Å². The second kappa shape index (κ2) is 18.8. The normalized spacial score (nSPS) is 29.8. The van der Waals surface area contributed by atoms with Gasteiger partial charge in [0.05, 0.1) is 50.1 Å². The molecule has 2 aliphatic heterocycles. The Labute approximate surface area is 306 Å². The molecule has 2 fully saturated rings. The van der Waals surface area contributed by atoms with Crippen LogP contribution in [0.25, 0.3) is 0 Å². The van der Waals surface area contributed by atoms with Gasteiger partial charge in [0, 0.05) is 7.11 Å². The smallest absolute Gasteiger partial charge is 0.223 e. The summed E-state index contributed by atoms with van der Waals surface area (Å²) >= 11 is 1.55. The molecule has 278 valence electrons. The Bertz CT molecular complexity index is 1460. The molecule has 3 aromatic rings. The summed E-state index contributed by atoms with van der Waals surface area (Å²) in [5.74, 6) is -0.324. The van der Waals surface area contributed by atoms with Gasteiger partial charge in [-0.1, -0.05) is 91.0 Å². The molecule has 6 unspecified atom stereocenters. The fourth-order valence-electron chi connectivity index (χ4n) is 6.56. The summed E-state index contributed by atoms with van der Waals surface area (Å²) in [5.41, 5.74) is 1.47. The molecule has 0 aromatic heterocycles. The third-order valence-corrected chi connectivity index (χ3v) is 9.94. The number of nitrogens with one attached hydrogen (secondary N) is 1. The standard InChI is InChI=1S/C40H53NO9S/c1-26-32(41-31(42)22-40(3,4)43)34(46-24-29-18-12-8-13-19-29)36(44-5)38(48-26)50-35-33(45-23-28-16-10-7-11-17-28)27(2)49-39(51-6)37(35)47-25-30-20-14-9-15-21-30/h7-21,26-27,32-39,43H,22-25H2,1-6H3,(H,41,42)/t26?,27?,32-,33+,34?,35?,36?,37?,38+,39+/m1/s1. The highest BCUT2D eigenvalue weighted by atomic mass is 32.2. The maximum absolute atomic E-state index is 13.2. The van der Waals surface area contributed by atoms with Crippen molar-refractivity contribution in [3.63, 3.8) is 0 Å². The summed E-state index contributed by atoms with van der Waals surface area (Å²) in [6.07, 6.45) is -3.03. The van der Waals surface area contributed by atoms with Crippen molar-refractivity contribution in [3.8, 4) is 0 Å². The number of hydrogen-bond acceptors (Lipinski definition) is 10. The molecular weight excluding hydrogens is 671 g/mol. The Hall–Kier alpha value is -2.84. The third kappa shape index (κ3) is 11.1. The molecule has 2 heterocycles. The number of carbonyl (C=O) groups excluding carboxylic acids is 1. The van der Waals surface area contributed by atoms with Crippen LogP contribution in [-0.2, 0) is 57.8 Å². The molecule has 0 radical (unpaired) electrons. The molecule has 0 spiro atoms. The fourth-order valence-corrected chi connectivity index (χ4v) is 7.35. The number of thioether (sulfide) groups is 1. The van der Waals surface area contributed by atoms with Crippen molar-refractivity contribution in [2.24, 2.45) is 0 Å². The van der Waals surface area contributed by atoms with Gasteiger partial charge in [-0.25, -0.2) is 0 Å². The minimum atomic E-state index is -1.19. The zero-order valence-electron chi connectivity index (χ0n) is 30.4. The molecule has 2 saturated heterocycles. The van der Waals surface area contributed by atoms with Gasteiger partial charge in [-0.05, 0) is 50.6 Å². The number of rotatable bonds is 16. The number of amides is 1. The van der Waals surface area contributed by atoms with Crippen molar-refractivity contribution < 1.29 is 43.1 Å². The van der Waals surface area contributed by atoms with Gasteiger partial charge in [0.15, 0.2) is 6.29 Å². The van der Waals surface area contributed by atoms with Gasteiger partial charge >= 0.3 is 0 Å². The highest BCUT2D eigenvalue weighted by molar-refractivity contribution is 7.99. The second-order valence-corrected chi connectivity index (χ2v) is 14.8. The average Bonchev–Trinajstić information content (AvgIpc) is 3.11. The van der Waals surface area contributed by atoms with Crippen LogP contribution in [0.4, 0.5) is 0 Å². The predicted molar refractivity (Wildman–Crippen MR) is 196 cm³/mol. The van der Waals surface area contributed by atoms with Crippen molar-refractivity contribution in [2.75, 3.05) is 13.4 Å². The first-order valence-electron chi connectivity index (χ1n) is 17.6. The number of hydrogen-bond donors (Lipinski definition) is 2. The van der Waals surface area contributed by atoms with E-state index in [2.05, 4.69) is 5.32 Å². The summed E-state index contributed by atoms with van der Waals surface area (Å²) in [5, 5.41) is 13.4. The lowest BCUT2D eigenvalue weighted by molar-refractivity contribution is -0.333. The van der Waals surface area contributed by atoms with Crippen LogP contribution >= 0.6 is 11.8 Å². The van der Waals surface area contributed by atoms with Crippen molar-refractivity contribution in [1.82, 2.24) is 5.32 Å². The zero-order chi connectivity index (χ0) is 36.4. The van der Waals surface area contributed by atoms with Crippen LogP contribution in [0.15, 0.2) is 91.0 Å². The van der Waals surface area contributed by atoms with E-state index in [1.54, 1.807) is 32.7 Å². The maximum atomic E-state index is 13.2.